The van der Waals surface area contributed by atoms with Gasteiger partial charge in [0.1, 0.15) is 0 Å². The van der Waals surface area contributed by atoms with Crippen molar-refractivity contribution in [2.75, 3.05) is 0 Å². The minimum atomic E-state index is -1.14. The molecule has 5 heteroatoms. The minimum absolute atomic E-state index is 0.0394. The van der Waals surface area contributed by atoms with E-state index >= 15 is 0 Å². The Morgan fingerprint density at radius 2 is 2.08 bits per heavy atom. The topological polar surface area (TPSA) is 77.6 Å². The van der Waals surface area contributed by atoms with Crippen LogP contribution in [0.15, 0.2) is 24.3 Å². The van der Waals surface area contributed by atoms with Crippen molar-refractivity contribution < 1.29 is 20.0 Å². The van der Waals surface area contributed by atoms with Crippen LogP contribution in [0.4, 0.5) is 5.69 Å². The Labute approximate surface area is 67.4 Å². The molecule has 0 spiro atoms. The highest BCUT2D eigenvalue weighted by atomic mass is 16.6. The Kier molecular flexibility index (Phi) is 2.05. The van der Waals surface area contributed by atoms with E-state index < -0.39 is 5.97 Å². The molecule has 0 saturated carbocycles. The molecule has 2 N–H and O–H groups in total. The molecular weight excluding hydrogens is 162 g/mol. The summed E-state index contributed by atoms with van der Waals surface area (Å²) in [5, 5.41) is 16.9. The van der Waals surface area contributed by atoms with Crippen LogP contribution in [0.3, 0.4) is 0 Å². The van der Waals surface area contributed by atoms with Gasteiger partial charge in [-0.25, -0.2) is 10.0 Å². The second-order valence-electron chi connectivity index (χ2n) is 2.13. The lowest BCUT2D eigenvalue weighted by atomic mass is 10.2. The van der Waals surface area contributed by atoms with Crippen molar-refractivity contribution in [3.8, 4) is 0 Å². The van der Waals surface area contributed by atoms with Crippen LogP contribution < -0.4 is 0 Å². The monoisotopic (exact) mass is 168 g/mol. The van der Waals surface area contributed by atoms with Crippen LogP contribution in [0.5, 0.6) is 0 Å². The van der Waals surface area contributed by atoms with E-state index in [0.29, 0.717) is 0 Å². The Hall–Kier alpha value is -1.91. The number of benzene rings is 1. The van der Waals surface area contributed by atoms with Crippen molar-refractivity contribution in [3.05, 3.63) is 34.7 Å². The maximum atomic E-state index is 10.4. The van der Waals surface area contributed by atoms with Gasteiger partial charge >= 0.3 is 11.7 Å². The smallest absolute Gasteiger partial charge is 0.335 e. The summed E-state index contributed by atoms with van der Waals surface area (Å²) in [6.07, 6.45) is 0. The number of carboxylic acids is 1. The molecule has 12 heavy (non-hydrogen) atoms. The molecule has 0 aliphatic carbocycles. The molecule has 0 radical (unpaired) electrons. The van der Waals surface area contributed by atoms with Gasteiger partial charge in [-0.3, -0.25) is 0 Å². The third kappa shape index (κ3) is 1.57. The summed E-state index contributed by atoms with van der Waals surface area (Å²) in [5.74, 6) is -1.14. The fourth-order valence-corrected chi connectivity index (χ4v) is 0.758. The first-order chi connectivity index (χ1) is 5.61. The van der Waals surface area contributed by atoms with Gasteiger partial charge in [-0.15, -0.1) is 0 Å². The van der Waals surface area contributed by atoms with E-state index in [2.05, 4.69) is 0 Å². The van der Waals surface area contributed by atoms with E-state index in [9.17, 15) is 9.70 Å². The molecule has 1 rings (SSSR count). The zero-order valence-electron chi connectivity index (χ0n) is 5.97. The van der Waals surface area contributed by atoms with Gasteiger partial charge in [0.2, 0.25) is 0 Å². The van der Waals surface area contributed by atoms with Crippen LogP contribution in [0.2, 0.25) is 0 Å². The van der Waals surface area contributed by atoms with E-state index in [4.69, 9.17) is 10.3 Å². The first-order valence-corrected chi connectivity index (χ1v) is 3.11. The average Bonchev–Trinajstić information content (AvgIpc) is 2.04. The second-order valence-corrected chi connectivity index (χ2v) is 2.13. The molecule has 0 fully saturated rings. The summed E-state index contributed by atoms with van der Waals surface area (Å²) in [7, 11) is 0. The van der Waals surface area contributed by atoms with Gasteiger partial charge in [0.25, 0.3) is 4.92 Å². The van der Waals surface area contributed by atoms with Crippen molar-refractivity contribution in [3.63, 3.8) is 0 Å². The predicted molar refractivity (Wildman–Crippen MR) is 38.5 cm³/mol. The number of hydrogen-bond acceptors (Lipinski definition) is 2. The average molecular weight is 168 g/mol. The summed E-state index contributed by atoms with van der Waals surface area (Å²) in [5.41, 5.74) is -0.141. The fraction of sp³-hybridized carbons (Fsp3) is 0. The molecule has 0 bridgehead atoms. The Morgan fingerprint density at radius 1 is 1.42 bits per heavy atom. The number of carboxylic acid groups (broad SMARTS) is 1. The molecule has 0 aromatic heterocycles. The van der Waals surface area contributed by atoms with Gasteiger partial charge in [0, 0.05) is 12.1 Å². The van der Waals surface area contributed by atoms with Gasteiger partial charge < -0.3 is 5.11 Å². The largest absolute Gasteiger partial charge is 0.478 e. The Bertz CT molecular complexity index is 305. The van der Waals surface area contributed by atoms with E-state index in [1.54, 1.807) is 0 Å². The highest BCUT2D eigenvalue weighted by Crippen LogP contribution is 2.11. The zero-order chi connectivity index (χ0) is 9.14. The molecule has 0 heterocycles. The number of nitrogens with zero attached hydrogens (tertiary/aromatic N) is 1. The molecular formula is C7H6NO4+. The van der Waals surface area contributed by atoms with Crippen LogP contribution in [-0.2, 0) is 0 Å². The van der Waals surface area contributed by atoms with E-state index in [1.807, 2.05) is 0 Å². The third-order valence-corrected chi connectivity index (χ3v) is 1.31. The summed E-state index contributed by atoms with van der Waals surface area (Å²) >= 11 is 0. The molecule has 1 aromatic carbocycles. The highest BCUT2D eigenvalue weighted by molar-refractivity contribution is 5.88. The SMILES string of the molecule is O=C(O)c1cccc([N+](=O)O)c1. The van der Waals surface area contributed by atoms with Crippen molar-refractivity contribution >= 4 is 11.7 Å². The van der Waals surface area contributed by atoms with Gasteiger partial charge in [0.15, 0.2) is 0 Å². The van der Waals surface area contributed by atoms with E-state index in [-0.39, 0.29) is 16.2 Å². The normalized spacial score (nSPS) is 9.33. The summed E-state index contributed by atoms with van der Waals surface area (Å²) in [6.45, 7) is 0. The Balaban J connectivity index is 3.12. The molecule has 1 aromatic rings. The standard InChI is InChI=1S/C7H5NO4/c9-7(10)5-2-1-3-6(4-5)8(11)12/h1-4H,(H-,9,10,11,12)/p+1. The number of rotatable bonds is 2. The summed E-state index contributed by atoms with van der Waals surface area (Å²) < 4.78 is 0. The van der Waals surface area contributed by atoms with Crippen molar-refractivity contribution in [2.45, 2.75) is 0 Å². The first-order valence-electron chi connectivity index (χ1n) is 3.11. The van der Waals surface area contributed by atoms with Gasteiger partial charge in [-0.1, -0.05) is 6.07 Å². The van der Waals surface area contributed by atoms with Crippen LogP contribution in [0.25, 0.3) is 0 Å². The fourth-order valence-electron chi connectivity index (χ4n) is 0.758. The minimum Gasteiger partial charge on any atom is -0.478 e. The number of hydrogen-bond donors (Lipinski definition) is 2. The lowest BCUT2D eigenvalue weighted by Crippen LogP contribution is -1.98. The van der Waals surface area contributed by atoms with Gasteiger partial charge in [-0.05, 0) is 6.07 Å². The predicted octanol–water partition coefficient (Wildman–Crippen LogP) is 1.18. The Morgan fingerprint density at radius 3 is 2.58 bits per heavy atom. The van der Waals surface area contributed by atoms with Crippen molar-refractivity contribution in [1.29, 1.82) is 0 Å². The summed E-state index contributed by atoms with van der Waals surface area (Å²) in [6, 6.07) is 5.09. The number of carbonyl (C=O) groups is 1. The summed E-state index contributed by atoms with van der Waals surface area (Å²) in [4.78, 5) is 20.3. The van der Waals surface area contributed by atoms with Crippen molar-refractivity contribution in [2.24, 2.45) is 0 Å². The third-order valence-electron chi connectivity index (χ3n) is 1.31. The first kappa shape index (κ1) is 8.19. The van der Waals surface area contributed by atoms with Crippen LogP contribution in [-0.4, -0.2) is 21.2 Å². The molecule has 0 amide bonds. The molecule has 62 valence electrons. The van der Waals surface area contributed by atoms with E-state index in [1.165, 1.54) is 18.2 Å². The van der Waals surface area contributed by atoms with Gasteiger partial charge in [0.05, 0.1) is 10.5 Å². The quantitative estimate of drug-likeness (QED) is 0.650. The lowest BCUT2D eigenvalue weighted by molar-refractivity contribution is -0.729. The number of aromatic carboxylic acids is 1. The van der Waals surface area contributed by atoms with Crippen LogP contribution in [0, 0.1) is 4.91 Å². The molecule has 0 atom stereocenters. The molecule has 5 nitrogen and oxygen atoms in total. The van der Waals surface area contributed by atoms with E-state index in [0.717, 1.165) is 6.07 Å². The maximum Gasteiger partial charge on any atom is 0.335 e. The second kappa shape index (κ2) is 3.00. The maximum absolute atomic E-state index is 10.4. The molecule has 0 aliphatic rings. The molecule has 0 saturated heterocycles. The van der Waals surface area contributed by atoms with Crippen LogP contribution in [0.1, 0.15) is 10.4 Å². The van der Waals surface area contributed by atoms with Crippen LogP contribution >= 0.6 is 0 Å². The molecule has 0 aliphatic heterocycles. The van der Waals surface area contributed by atoms with Crippen molar-refractivity contribution in [1.82, 2.24) is 0 Å². The molecule has 0 unspecified atom stereocenters. The highest BCUT2D eigenvalue weighted by Gasteiger charge is 2.13. The van der Waals surface area contributed by atoms with Gasteiger partial charge in [-0.2, -0.15) is 0 Å². The zero-order valence-corrected chi connectivity index (χ0v) is 5.97. The lowest BCUT2D eigenvalue weighted by Gasteiger charge is -1.89.